The zero-order valence-electron chi connectivity index (χ0n) is 23.0. The summed E-state index contributed by atoms with van der Waals surface area (Å²) in [5, 5.41) is 0.296. The first-order valence-corrected chi connectivity index (χ1v) is 8.26. The normalized spacial score (nSPS) is 16.6. The summed E-state index contributed by atoms with van der Waals surface area (Å²) in [4.78, 5) is 0. The van der Waals surface area contributed by atoms with Crippen molar-refractivity contribution in [1.82, 2.24) is 0 Å². The van der Waals surface area contributed by atoms with Crippen molar-refractivity contribution in [3.63, 3.8) is 0 Å². The van der Waals surface area contributed by atoms with Gasteiger partial charge in [-0.05, 0) is 65.2 Å². The molecule has 3 rings (SSSR count). The fourth-order valence-electron chi connectivity index (χ4n) is 2.61. The van der Waals surface area contributed by atoms with Crippen LogP contribution in [0.5, 0.6) is 17.2 Å². The maximum absolute atomic E-state index is 7.26. The maximum atomic E-state index is 7.26. The molecule has 0 aromatic heterocycles. The minimum Gasteiger partial charge on any atom is -0.497 e. The highest BCUT2D eigenvalue weighted by Crippen LogP contribution is 2.36. The second-order valence-electron chi connectivity index (χ2n) is 5.57. The van der Waals surface area contributed by atoms with Gasteiger partial charge in [0.2, 0.25) is 0 Å². The van der Waals surface area contributed by atoms with E-state index in [0.717, 1.165) is 0 Å². The van der Waals surface area contributed by atoms with Gasteiger partial charge in [0.25, 0.3) is 0 Å². The number of ether oxygens (including phenoxy) is 3. The van der Waals surface area contributed by atoms with Gasteiger partial charge in [0.05, 0.1) is 38.5 Å². The smallest absolute Gasteiger partial charge is 0.118 e. The zero-order chi connectivity index (χ0) is 26.7. The largest absolute Gasteiger partial charge is 0.497 e. The first kappa shape index (κ1) is 10.4. The van der Waals surface area contributed by atoms with Crippen LogP contribution in [0.2, 0.25) is 0 Å². The fourth-order valence-corrected chi connectivity index (χ4v) is 2.96. The van der Waals surface area contributed by atoms with E-state index in [1.165, 1.54) is 36.4 Å². The van der Waals surface area contributed by atoms with Gasteiger partial charge in [-0.15, -0.1) is 0 Å². The van der Waals surface area contributed by atoms with E-state index in [2.05, 4.69) is 0 Å². The standard InChI is InChI=1S/C23H21ClO3/c1-25-19-10-4-16(5-11-19)22(17-6-12-20(26-2)13-7-17)23(24)18-8-14-21(27-3)15-9-18/h4-15H,1-3H3/i1D3,2D3,3D3. The Kier molecular flexibility index (Phi) is 3.34. The molecule has 0 radical (unpaired) electrons. The Bertz CT molecular complexity index is 1140. The quantitative estimate of drug-likeness (QED) is 0.493. The minimum absolute atomic E-state index is 0.141. The van der Waals surface area contributed by atoms with Crippen molar-refractivity contribution in [2.75, 3.05) is 21.1 Å². The molecule has 138 valence electrons. The topological polar surface area (TPSA) is 27.7 Å². The molecule has 0 fully saturated rings. The molecule has 0 bridgehead atoms. The van der Waals surface area contributed by atoms with Crippen molar-refractivity contribution in [3.8, 4) is 17.2 Å². The van der Waals surface area contributed by atoms with Crippen molar-refractivity contribution in [1.29, 1.82) is 0 Å². The van der Waals surface area contributed by atoms with E-state index in [1.54, 1.807) is 36.4 Å². The molecule has 0 saturated heterocycles. The summed E-state index contributed by atoms with van der Waals surface area (Å²) in [7, 11) is -7.80. The molecule has 0 aliphatic rings. The van der Waals surface area contributed by atoms with Crippen molar-refractivity contribution in [3.05, 3.63) is 89.5 Å². The minimum atomic E-state index is -2.60. The molecule has 0 aliphatic carbocycles. The molecule has 4 heteroatoms. The average Bonchev–Trinajstić information content (AvgIpc) is 2.73. The van der Waals surface area contributed by atoms with E-state index in [9.17, 15) is 0 Å². The molecule has 27 heavy (non-hydrogen) atoms. The van der Waals surface area contributed by atoms with Gasteiger partial charge in [-0.1, -0.05) is 35.9 Å². The Morgan fingerprint density at radius 1 is 0.593 bits per heavy atom. The lowest BCUT2D eigenvalue weighted by atomic mass is 9.95. The van der Waals surface area contributed by atoms with Gasteiger partial charge in [0.1, 0.15) is 17.2 Å². The van der Waals surface area contributed by atoms with Crippen LogP contribution in [-0.4, -0.2) is 21.1 Å². The molecular weight excluding hydrogens is 360 g/mol. The van der Waals surface area contributed by atoms with Gasteiger partial charge in [-0.2, -0.15) is 0 Å². The van der Waals surface area contributed by atoms with Gasteiger partial charge in [-0.25, -0.2) is 0 Å². The monoisotopic (exact) mass is 389 g/mol. The van der Waals surface area contributed by atoms with Gasteiger partial charge in [0.15, 0.2) is 0 Å². The highest BCUT2D eigenvalue weighted by Gasteiger charge is 2.13. The van der Waals surface area contributed by atoms with Crippen LogP contribution in [0.25, 0.3) is 10.6 Å². The number of hydrogen-bond donors (Lipinski definition) is 0. The Morgan fingerprint density at radius 2 is 0.926 bits per heavy atom. The van der Waals surface area contributed by atoms with Gasteiger partial charge in [0, 0.05) is 5.57 Å². The molecule has 0 N–H and O–H groups in total. The third-order valence-electron chi connectivity index (χ3n) is 3.97. The predicted molar refractivity (Wildman–Crippen MR) is 111 cm³/mol. The third-order valence-corrected chi connectivity index (χ3v) is 4.37. The lowest BCUT2D eigenvalue weighted by Gasteiger charge is -2.14. The Morgan fingerprint density at radius 3 is 1.26 bits per heavy atom. The second-order valence-corrected chi connectivity index (χ2v) is 5.95. The molecule has 0 atom stereocenters. The van der Waals surface area contributed by atoms with Crippen LogP contribution < -0.4 is 14.2 Å². The van der Waals surface area contributed by atoms with Crippen LogP contribution in [0.15, 0.2) is 72.8 Å². The molecule has 0 unspecified atom stereocenters. The number of halogens is 1. The van der Waals surface area contributed by atoms with Crippen molar-refractivity contribution in [2.45, 2.75) is 0 Å². The zero-order valence-corrected chi connectivity index (χ0v) is 14.8. The van der Waals surface area contributed by atoms with Gasteiger partial charge < -0.3 is 14.2 Å². The number of hydrogen-bond acceptors (Lipinski definition) is 3. The van der Waals surface area contributed by atoms with E-state index in [1.807, 2.05) is 0 Å². The Balaban J connectivity index is 2.05. The van der Waals surface area contributed by atoms with Crippen LogP contribution in [0.3, 0.4) is 0 Å². The highest BCUT2D eigenvalue weighted by molar-refractivity contribution is 6.53. The van der Waals surface area contributed by atoms with Crippen LogP contribution in [0.4, 0.5) is 0 Å². The Hall–Kier alpha value is -2.91. The van der Waals surface area contributed by atoms with Crippen molar-refractivity contribution < 1.29 is 26.5 Å². The Labute approximate surface area is 177 Å². The maximum Gasteiger partial charge on any atom is 0.118 e. The molecule has 0 heterocycles. The van der Waals surface area contributed by atoms with Crippen LogP contribution in [0.1, 0.15) is 29.0 Å². The van der Waals surface area contributed by atoms with Crippen molar-refractivity contribution >= 4 is 22.2 Å². The summed E-state index contributed by atoms with van der Waals surface area (Å²) in [6.45, 7) is 0. The molecular formula is C23H21ClO3. The summed E-state index contributed by atoms with van der Waals surface area (Å²) in [6, 6.07) is 18.7. The van der Waals surface area contributed by atoms with E-state index in [0.29, 0.717) is 27.3 Å². The fraction of sp³-hybridized carbons (Fsp3) is 0.130. The molecule has 0 spiro atoms. The number of benzene rings is 3. The van der Waals surface area contributed by atoms with E-state index >= 15 is 0 Å². The number of methoxy groups -OCH3 is 3. The van der Waals surface area contributed by atoms with Crippen LogP contribution >= 0.6 is 11.6 Å². The second kappa shape index (κ2) is 8.65. The van der Waals surface area contributed by atoms with Gasteiger partial charge >= 0.3 is 0 Å². The molecule has 3 nitrogen and oxygen atoms in total. The van der Waals surface area contributed by atoms with E-state index in [4.69, 9.17) is 38.1 Å². The average molecular weight is 390 g/mol. The summed E-state index contributed by atoms with van der Waals surface area (Å²) >= 11 is 6.80. The van der Waals surface area contributed by atoms with Gasteiger partial charge in [-0.3, -0.25) is 0 Å². The summed E-state index contributed by atoms with van der Waals surface area (Å²) in [6.07, 6.45) is 0. The van der Waals surface area contributed by atoms with E-state index < -0.39 is 21.1 Å². The summed E-state index contributed by atoms with van der Waals surface area (Å²) in [5.41, 5.74) is 2.33. The first-order chi connectivity index (χ1) is 16.6. The molecule has 0 amide bonds. The number of rotatable bonds is 6. The van der Waals surface area contributed by atoms with E-state index in [-0.39, 0.29) is 17.2 Å². The lowest BCUT2D eigenvalue weighted by Crippen LogP contribution is -1.93. The third kappa shape index (κ3) is 4.26. The highest BCUT2D eigenvalue weighted by atomic mass is 35.5. The first-order valence-electron chi connectivity index (χ1n) is 12.4. The molecule has 3 aromatic rings. The summed E-state index contributed by atoms with van der Waals surface area (Å²) < 4.78 is 80.0. The summed E-state index contributed by atoms with van der Waals surface area (Å²) in [5.74, 6) is 0.422. The van der Waals surface area contributed by atoms with Crippen LogP contribution in [-0.2, 0) is 0 Å². The van der Waals surface area contributed by atoms with Crippen molar-refractivity contribution in [2.24, 2.45) is 0 Å². The molecule has 0 saturated carbocycles. The lowest BCUT2D eigenvalue weighted by molar-refractivity contribution is 0.414. The SMILES string of the molecule is [2H]C([2H])([2H])Oc1ccc(C(Cl)=C(c2ccc(OC([2H])([2H])[2H])cc2)c2ccc(OC([2H])([2H])[2H])cc2)cc1. The van der Waals surface area contributed by atoms with Crippen LogP contribution in [0, 0.1) is 0 Å². The molecule has 0 aliphatic heterocycles. The molecule has 3 aromatic carbocycles. The predicted octanol–water partition coefficient (Wildman–Crippen LogP) is 5.87.